The van der Waals surface area contributed by atoms with Crippen molar-refractivity contribution < 1.29 is 4.79 Å². The average molecular weight is 296 g/mol. The van der Waals surface area contributed by atoms with Crippen LogP contribution in [0.25, 0.3) is 0 Å². The van der Waals surface area contributed by atoms with Gasteiger partial charge < -0.3 is 10.3 Å². The molecule has 0 radical (unpaired) electrons. The lowest BCUT2D eigenvalue weighted by molar-refractivity contribution is -0.122. The molecule has 1 aromatic rings. The summed E-state index contributed by atoms with van der Waals surface area (Å²) in [5, 5.41) is 3.07. The first kappa shape index (κ1) is 15.1. The molecule has 0 aliphatic heterocycles. The first-order valence-electron chi connectivity index (χ1n) is 7.29. The first-order chi connectivity index (χ1) is 9.34. The van der Waals surface area contributed by atoms with Crippen molar-refractivity contribution in [3.05, 3.63) is 29.9 Å². The number of H-pyrrole nitrogens is 1. The second kappa shape index (κ2) is 6.93. The van der Waals surface area contributed by atoms with Crippen LogP contribution in [-0.2, 0) is 4.79 Å². The van der Waals surface area contributed by atoms with Crippen molar-refractivity contribution in [2.45, 2.75) is 44.4 Å². The molecule has 110 valence electrons. The van der Waals surface area contributed by atoms with Crippen molar-refractivity contribution >= 4 is 18.3 Å². The van der Waals surface area contributed by atoms with Crippen LogP contribution < -0.4 is 5.32 Å². The Bertz CT molecular complexity index is 469. The van der Waals surface area contributed by atoms with Gasteiger partial charge in [0.1, 0.15) is 0 Å². The van der Waals surface area contributed by atoms with E-state index < -0.39 is 0 Å². The highest BCUT2D eigenvalue weighted by atomic mass is 35.5. The maximum absolute atomic E-state index is 12.0. The molecule has 2 aliphatic carbocycles. The molecule has 1 saturated carbocycles. The fourth-order valence-electron chi connectivity index (χ4n) is 2.90. The molecule has 1 heterocycles. The Kier molecular flexibility index (Phi) is 5.24. The number of halogens is 1. The minimum atomic E-state index is 0. The Hall–Kier alpha value is -1.29. The number of hydrogen-bond donors (Lipinski definition) is 2. The Morgan fingerprint density at radius 3 is 3.05 bits per heavy atom. The fourth-order valence-corrected chi connectivity index (χ4v) is 2.90. The molecule has 4 nitrogen and oxygen atoms in total. The van der Waals surface area contributed by atoms with Crippen molar-refractivity contribution in [3.63, 3.8) is 0 Å². The number of allylic oxidation sites excluding steroid dienone is 1. The van der Waals surface area contributed by atoms with Gasteiger partial charge in [0.15, 0.2) is 0 Å². The van der Waals surface area contributed by atoms with Crippen LogP contribution in [-0.4, -0.2) is 22.4 Å². The van der Waals surface area contributed by atoms with Gasteiger partial charge in [0.2, 0.25) is 5.91 Å². The number of rotatable bonds is 5. The molecule has 1 amide bonds. The highest BCUT2D eigenvalue weighted by molar-refractivity contribution is 5.85. The van der Waals surface area contributed by atoms with Crippen LogP contribution in [0.4, 0.5) is 0 Å². The van der Waals surface area contributed by atoms with E-state index in [2.05, 4.69) is 21.4 Å². The number of nitrogens with zero attached hydrogens (tertiary/aromatic N) is 1. The predicted molar refractivity (Wildman–Crippen MR) is 80.9 cm³/mol. The number of amides is 1. The summed E-state index contributed by atoms with van der Waals surface area (Å²) in [5.41, 5.74) is 2.54. The van der Waals surface area contributed by atoms with Gasteiger partial charge in [0.05, 0.1) is 12.0 Å². The fraction of sp³-hybridized carbons (Fsp3) is 0.600. The molecule has 20 heavy (non-hydrogen) atoms. The number of nitrogens with one attached hydrogen (secondary N) is 2. The molecule has 1 aromatic heterocycles. The molecular weight excluding hydrogens is 274 g/mol. The van der Waals surface area contributed by atoms with Crippen molar-refractivity contribution in [2.24, 2.45) is 5.92 Å². The highest BCUT2D eigenvalue weighted by Gasteiger charge is 2.44. The number of aromatic amines is 1. The van der Waals surface area contributed by atoms with Crippen LogP contribution in [0, 0.1) is 5.92 Å². The van der Waals surface area contributed by atoms with Gasteiger partial charge in [-0.15, -0.1) is 12.4 Å². The SMILES string of the molecule is Cl.O=C(NCCC1=CCCCC1)[C@@H]1C[C@H]1c1c[nH]cn1. The lowest BCUT2D eigenvalue weighted by Gasteiger charge is -2.12. The van der Waals surface area contributed by atoms with Crippen LogP contribution in [0.3, 0.4) is 0 Å². The first-order valence-corrected chi connectivity index (χ1v) is 7.29. The summed E-state index contributed by atoms with van der Waals surface area (Å²) in [6.45, 7) is 0.786. The third-order valence-corrected chi connectivity index (χ3v) is 4.16. The smallest absolute Gasteiger partial charge is 0.223 e. The number of carbonyl (C=O) groups is 1. The van der Waals surface area contributed by atoms with E-state index in [4.69, 9.17) is 0 Å². The van der Waals surface area contributed by atoms with Gasteiger partial charge in [-0.1, -0.05) is 11.6 Å². The summed E-state index contributed by atoms with van der Waals surface area (Å²) in [7, 11) is 0. The van der Waals surface area contributed by atoms with Gasteiger partial charge in [-0.3, -0.25) is 4.79 Å². The second-order valence-corrected chi connectivity index (χ2v) is 5.59. The Morgan fingerprint density at radius 1 is 1.45 bits per heavy atom. The molecular formula is C15H22ClN3O. The Morgan fingerprint density at radius 2 is 2.35 bits per heavy atom. The Labute approximate surface area is 125 Å². The van der Waals surface area contributed by atoms with Crippen LogP contribution in [0.5, 0.6) is 0 Å². The lowest BCUT2D eigenvalue weighted by atomic mass is 9.97. The Balaban J connectivity index is 0.00000147. The highest BCUT2D eigenvalue weighted by Crippen LogP contribution is 2.46. The molecule has 2 atom stereocenters. The third-order valence-electron chi connectivity index (χ3n) is 4.16. The van der Waals surface area contributed by atoms with E-state index in [-0.39, 0.29) is 24.2 Å². The summed E-state index contributed by atoms with van der Waals surface area (Å²) in [4.78, 5) is 19.2. The molecule has 0 saturated heterocycles. The van der Waals surface area contributed by atoms with Crippen LogP contribution in [0.15, 0.2) is 24.2 Å². The third kappa shape index (κ3) is 3.63. The van der Waals surface area contributed by atoms with Gasteiger partial charge in [-0.25, -0.2) is 4.98 Å². The number of aromatic nitrogens is 2. The number of carbonyl (C=O) groups excluding carboxylic acids is 1. The van der Waals surface area contributed by atoms with Gasteiger partial charge in [0.25, 0.3) is 0 Å². The largest absolute Gasteiger partial charge is 0.356 e. The molecule has 2 aliphatic rings. The summed E-state index contributed by atoms with van der Waals surface area (Å²) >= 11 is 0. The van der Waals surface area contributed by atoms with Gasteiger partial charge >= 0.3 is 0 Å². The molecule has 0 unspecified atom stereocenters. The van der Waals surface area contributed by atoms with Gasteiger partial charge in [-0.2, -0.15) is 0 Å². The summed E-state index contributed by atoms with van der Waals surface area (Å²) < 4.78 is 0. The van der Waals surface area contributed by atoms with E-state index in [0.717, 1.165) is 25.1 Å². The number of hydrogen-bond acceptors (Lipinski definition) is 2. The maximum Gasteiger partial charge on any atom is 0.223 e. The van der Waals surface area contributed by atoms with Crippen molar-refractivity contribution in [1.29, 1.82) is 0 Å². The summed E-state index contributed by atoms with van der Waals surface area (Å²) in [6.07, 6.45) is 12.9. The lowest BCUT2D eigenvalue weighted by Crippen LogP contribution is -2.26. The standard InChI is InChI=1S/C15H21N3O.ClH/c19-15(13-8-12(13)14-9-16-10-18-14)17-7-6-11-4-2-1-3-5-11;/h4,9-10,12-13H,1-3,5-8H2,(H,16,18)(H,17,19);1H/t12-,13-;/m1./s1. The normalized spacial score (nSPS) is 24.5. The molecule has 0 bridgehead atoms. The summed E-state index contributed by atoms with van der Waals surface area (Å²) in [5.74, 6) is 0.674. The van der Waals surface area contributed by atoms with Crippen molar-refractivity contribution in [1.82, 2.24) is 15.3 Å². The topological polar surface area (TPSA) is 57.8 Å². The zero-order chi connectivity index (χ0) is 13.1. The van der Waals surface area contributed by atoms with E-state index >= 15 is 0 Å². The van der Waals surface area contributed by atoms with Crippen LogP contribution >= 0.6 is 12.4 Å². The van der Waals surface area contributed by atoms with E-state index in [1.54, 1.807) is 6.33 Å². The molecule has 5 heteroatoms. The van der Waals surface area contributed by atoms with Crippen LogP contribution in [0.2, 0.25) is 0 Å². The number of imidazole rings is 1. The summed E-state index contributed by atoms with van der Waals surface area (Å²) in [6, 6.07) is 0. The van der Waals surface area contributed by atoms with E-state index in [1.807, 2.05) is 6.20 Å². The molecule has 1 fully saturated rings. The monoisotopic (exact) mass is 295 g/mol. The van der Waals surface area contributed by atoms with Crippen molar-refractivity contribution in [3.8, 4) is 0 Å². The molecule has 2 N–H and O–H groups in total. The van der Waals surface area contributed by atoms with E-state index in [1.165, 1.54) is 31.3 Å². The predicted octanol–water partition coefficient (Wildman–Crippen LogP) is 2.94. The van der Waals surface area contributed by atoms with Crippen LogP contribution in [0.1, 0.15) is 50.1 Å². The quantitative estimate of drug-likeness (QED) is 0.821. The second-order valence-electron chi connectivity index (χ2n) is 5.59. The maximum atomic E-state index is 12.0. The zero-order valence-corrected chi connectivity index (χ0v) is 12.4. The van der Waals surface area contributed by atoms with Gasteiger partial charge in [-0.05, 0) is 38.5 Å². The average Bonchev–Trinajstić information content (AvgIpc) is 3.06. The minimum absolute atomic E-state index is 0. The van der Waals surface area contributed by atoms with Gasteiger partial charge in [0, 0.05) is 24.6 Å². The molecule has 0 spiro atoms. The van der Waals surface area contributed by atoms with E-state index in [0.29, 0.717) is 5.92 Å². The molecule has 0 aromatic carbocycles. The molecule has 3 rings (SSSR count). The van der Waals surface area contributed by atoms with Crippen molar-refractivity contribution in [2.75, 3.05) is 6.54 Å². The minimum Gasteiger partial charge on any atom is -0.356 e. The zero-order valence-electron chi connectivity index (χ0n) is 11.6. The van der Waals surface area contributed by atoms with E-state index in [9.17, 15) is 4.79 Å².